The van der Waals surface area contributed by atoms with Gasteiger partial charge in [-0.05, 0) is 18.4 Å². The van der Waals surface area contributed by atoms with Gasteiger partial charge in [-0.3, -0.25) is 4.79 Å². The lowest BCUT2D eigenvalue weighted by atomic mass is 10.1. The molecule has 0 bridgehead atoms. The third kappa shape index (κ3) is 2.03. The minimum atomic E-state index is 0.104. The van der Waals surface area contributed by atoms with Crippen molar-refractivity contribution in [1.29, 1.82) is 0 Å². The number of hydrogen-bond donors (Lipinski definition) is 0. The molecule has 0 atom stereocenters. The van der Waals surface area contributed by atoms with Gasteiger partial charge in [0.1, 0.15) is 0 Å². The number of carbonyl (C=O) groups excluding carboxylic acids is 1. The fourth-order valence-electron chi connectivity index (χ4n) is 2.78. The van der Waals surface area contributed by atoms with E-state index in [1.807, 2.05) is 46.1 Å². The molecule has 5 nitrogen and oxygen atoms in total. The first-order valence-corrected chi connectivity index (χ1v) is 7.76. The van der Waals surface area contributed by atoms with Crippen LogP contribution in [0.15, 0.2) is 29.8 Å². The quantitative estimate of drug-likeness (QED) is 0.692. The fraction of sp³-hybridized carbons (Fsp3) is 0.267. The molecule has 4 heterocycles. The summed E-state index contributed by atoms with van der Waals surface area (Å²) in [6, 6.07) is 5.76. The van der Waals surface area contributed by atoms with Crippen LogP contribution in [0.25, 0.3) is 5.65 Å². The Morgan fingerprint density at radius 2 is 2.33 bits per heavy atom. The molecule has 6 heteroatoms. The Labute approximate surface area is 125 Å². The summed E-state index contributed by atoms with van der Waals surface area (Å²) in [5.41, 5.74) is 4.10. The maximum Gasteiger partial charge on any atom is 0.264 e. The number of aromatic nitrogens is 3. The maximum absolute atomic E-state index is 12.4. The van der Waals surface area contributed by atoms with Crippen LogP contribution in [0.3, 0.4) is 0 Å². The average Bonchev–Trinajstić information content (AvgIpc) is 3.14. The number of hydrogen-bond acceptors (Lipinski definition) is 4. The van der Waals surface area contributed by atoms with Gasteiger partial charge in [-0.15, -0.1) is 11.3 Å². The molecule has 0 aromatic carbocycles. The van der Waals surface area contributed by atoms with Crippen molar-refractivity contribution in [2.75, 3.05) is 6.54 Å². The lowest BCUT2D eigenvalue weighted by molar-refractivity contribution is 0.0737. The SMILES string of the molecule is Cc1cc2ncc3c(n2n1)CCN(C(=O)c1cccs1)C3. The molecule has 21 heavy (non-hydrogen) atoms. The van der Waals surface area contributed by atoms with Gasteiger partial charge in [-0.1, -0.05) is 6.07 Å². The van der Waals surface area contributed by atoms with E-state index >= 15 is 0 Å². The second-order valence-corrected chi connectivity index (χ2v) is 6.19. The predicted molar refractivity (Wildman–Crippen MR) is 80.5 cm³/mol. The number of rotatable bonds is 1. The summed E-state index contributed by atoms with van der Waals surface area (Å²) >= 11 is 1.49. The molecular weight excluding hydrogens is 284 g/mol. The fourth-order valence-corrected chi connectivity index (χ4v) is 3.48. The molecule has 0 fully saturated rings. The zero-order valence-electron chi connectivity index (χ0n) is 11.6. The van der Waals surface area contributed by atoms with Crippen molar-refractivity contribution in [3.63, 3.8) is 0 Å². The molecule has 4 rings (SSSR count). The van der Waals surface area contributed by atoms with Crippen molar-refractivity contribution in [2.24, 2.45) is 0 Å². The highest BCUT2D eigenvalue weighted by atomic mass is 32.1. The highest BCUT2D eigenvalue weighted by molar-refractivity contribution is 7.12. The molecule has 3 aromatic heterocycles. The Hall–Kier alpha value is -2.21. The summed E-state index contributed by atoms with van der Waals surface area (Å²) in [7, 11) is 0. The van der Waals surface area contributed by atoms with Gasteiger partial charge in [0, 0.05) is 37.3 Å². The van der Waals surface area contributed by atoms with Crippen molar-refractivity contribution >= 4 is 22.9 Å². The van der Waals surface area contributed by atoms with E-state index in [-0.39, 0.29) is 5.91 Å². The van der Waals surface area contributed by atoms with Crippen molar-refractivity contribution in [3.8, 4) is 0 Å². The topological polar surface area (TPSA) is 50.5 Å². The Balaban J connectivity index is 1.69. The summed E-state index contributed by atoms with van der Waals surface area (Å²) in [4.78, 5) is 19.5. The zero-order valence-corrected chi connectivity index (χ0v) is 12.4. The lowest BCUT2D eigenvalue weighted by Crippen LogP contribution is -2.36. The molecule has 1 amide bonds. The minimum Gasteiger partial charge on any atom is -0.333 e. The summed E-state index contributed by atoms with van der Waals surface area (Å²) < 4.78 is 1.91. The van der Waals surface area contributed by atoms with Gasteiger partial charge in [-0.2, -0.15) is 5.10 Å². The Bertz CT molecular complexity index is 822. The molecule has 0 N–H and O–H groups in total. The van der Waals surface area contributed by atoms with E-state index < -0.39 is 0 Å². The first-order chi connectivity index (χ1) is 10.2. The van der Waals surface area contributed by atoms with Gasteiger partial charge in [-0.25, -0.2) is 9.50 Å². The number of aryl methyl sites for hydroxylation is 1. The molecule has 1 aliphatic heterocycles. The minimum absolute atomic E-state index is 0.104. The monoisotopic (exact) mass is 298 g/mol. The van der Waals surface area contributed by atoms with Crippen LogP contribution >= 0.6 is 11.3 Å². The predicted octanol–water partition coefficient (Wildman–Crippen LogP) is 2.30. The number of carbonyl (C=O) groups is 1. The highest BCUT2D eigenvalue weighted by Crippen LogP contribution is 2.22. The van der Waals surface area contributed by atoms with Gasteiger partial charge >= 0.3 is 0 Å². The summed E-state index contributed by atoms with van der Waals surface area (Å²) in [5.74, 6) is 0.104. The average molecular weight is 298 g/mol. The van der Waals surface area contributed by atoms with E-state index in [9.17, 15) is 4.79 Å². The van der Waals surface area contributed by atoms with E-state index in [0.717, 1.165) is 34.7 Å². The van der Waals surface area contributed by atoms with Gasteiger partial charge < -0.3 is 4.90 Å². The van der Waals surface area contributed by atoms with E-state index in [2.05, 4.69) is 10.1 Å². The van der Waals surface area contributed by atoms with Crippen molar-refractivity contribution in [3.05, 3.63) is 51.6 Å². The van der Waals surface area contributed by atoms with Crippen LogP contribution in [0, 0.1) is 6.92 Å². The standard InChI is InChI=1S/C15H14N4OS/c1-10-7-14-16-8-11-9-18(5-4-12(11)19(14)17-10)15(20)13-3-2-6-21-13/h2-3,6-8H,4-5,9H2,1H3. The van der Waals surface area contributed by atoms with E-state index in [1.54, 1.807) is 0 Å². The Kier molecular flexibility index (Phi) is 2.78. The third-order valence-corrected chi connectivity index (χ3v) is 4.65. The van der Waals surface area contributed by atoms with E-state index in [4.69, 9.17) is 0 Å². The second kappa shape index (κ2) is 4.66. The summed E-state index contributed by atoms with van der Waals surface area (Å²) in [5, 5.41) is 6.43. The highest BCUT2D eigenvalue weighted by Gasteiger charge is 2.24. The molecule has 3 aromatic rings. The van der Waals surface area contributed by atoms with Crippen LogP contribution in [0.4, 0.5) is 0 Å². The molecule has 0 unspecified atom stereocenters. The third-order valence-electron chi connectivity index (χ3n) is 3.79. The molecule has 0 aliphatic carbocycles. The second-order valence-electron chi connectivity index (χ2n) is 5.24. The molecule has 0 saturated heterocycles. The van der Waals surface area contributed by atoms with Gasteiger partial charge in [0.15, 0.2) is 5.65 Å². The molecule has 106 valence electrons. The van der Waals surface area contributed by atoms with Crippen molar-refractivity contribution in [1.82, 2.24) is 19.5 Å². The Morgan fingerprint density at radius 1 is 1.43 bits per heavy atom. The molecule has 0 radical (unpaired) electrons. The molecule has 0 saturated carbocycles. The maximum atomic E-state index is 12.4. The van der Waals surface area contributed by atoms with Crippen LogP contribution in [-0.2, 0) is 13.0 Å². The first kappa shape index (κ1) is 12.5. The lowest BCUT2D eigenvalue weighted by Gasteiger charge is -2.28. The van der Waals surface area contributed by atoms with Crippen molar-refractivity contribution < 1.29 is 4.79 Å². The number of fused-ring (bicyclic) bond motifs is 3. The van der Waals surface area contributed by atoms with Crippen LogP contribution in [0.5, 0.6) is 0 Å². The zero-order chi connectivity index (χ0) is 14.4. The van der Waals surface area contributed by atoms with Crippen LogP contribution < -0.4 is 0 Å². The van der Waals surface area contributed by atoms with Gasteiger partial charge in [0.05, 0.1) is 16.3 Å². The van der Waals surface area contributed by atoms with Crippen LogP contribution in [-0.4, -0.2) is 31.9 Å². The van der Waals surface area contributed by atoms with E-state index in [0.29, 0.717) is 6.54 Å². The molecular formula is C15H14N4OS. The van der Waals surface area contributed by atoms with Gasteiger partial charge in [0.2, 0.25) is 0 Å². The number of amides is 1. The molecule has 0 spiro atoms. The normalized spacial score (nSPS) is 14.4. The Morgan fingerprint density at radius 3 is 3.14 bits per heavy atom. The smallest absolute Gasteiger partial charge is 0.264 e. The van der Waals surface area contributed by atoms with Crippen molar-refractivity contribution in [2.45, 2.75) is 19.9 Å². The molecule has 1 aliphatic rings. The van der Waals surface area contributed by atoms with Gasteiger partial charge in [0.25, 0.3) is 5.91 Å². The van der Waals surface area contributed by atoms with Crippen LogP contribution in [0.1, 0.15) is 26.6 Å². The summed E-state index contributed by atoms with van der Waals surface area (Å²) in [6.45, 7) is 3.30. The van der Waals surface area contributed by atoms with Crippen LogP contribution in [0.2, 0.25) is 0 Å². The number of nitrogens with zero attached hydrogens (tertiary/aromatic N) is 4. The largest absolute Gasteiger partial charge is 0.333 e. The number of thiophene rings is 1. The van der Waals surface area contributed by atoms with E-state index in [1.165, 1.54) is 17.0 Å². The summed E-state index contributed by atoms with van der Waals surface area (Å²) in [6.07, 6.45) is 2.69. The first-order valence-electron chi connectivity index (χ1n) is 6.88.